The molecule has 0 radical (unpaired) electrons. The van der Waals surface area contributed by atoms with Gasteiger partial charge in [-0.25, -0.2) is 22.6 Å². The summed E-state index contributed by atoms with van der Waals surface area (Å²) >= 11 is 0. The summed E-state index contributed by atoms with van der Waals surface area (Å²) in [5.74, 6) is -0.545. The lowest BCUT2D eigenvalue weighted by Gasteiger charge is -2.09. The standard InChI is InChI=1S/C20H21N3O4S/c1-2-27-20(24)17-5-3-6-19(15-17)28(25,26)22-13-11-16-7-9-18(10-8-16)23-14-4-12-21-23/h3-10,12,14-15,22H,2,11,13H2,1H3. The lowest BCUT2D eigenvalue weighted by atomic mass is 10.1. The Morgan fingerprint density at radius 3 is 2.61 bits per heavy atom. The quantitative estimate of drug-likeness (QED) is 0.588. The minimum Gasteiger partial charge on any atom is -0.462 e. The third-order valence-electron chi connectivity index (χ3n) is 4.07. The summed E-state index contributed by atoms with van der Waals surface area (Å²) in [4.78, 5) is 11.8. The second-order valence-corrected chi connectivity index (χ2v) is 7.78. The van der Waals surface area contributed by atoms with Crippen LogP contribution in [0.25, 0.3) is 5.69 Å². The number of aromatic nitrogens is 2. The van der Waals surface area contributed by atoms with Crippen molar-refractivity contribution >= 4 is 16.0 Å². The summed E-state index contributed by atoms with van der Waals surface area (Å²) in [6, 6.07) is 15.4. The van der Waals surface area contributed by atoms with Gasteiger partial charge in [-0.1, -0.05) is 18.2 Å². The second kappa shape index (κ2) is 8.81. The average molecular weight is 399 g/mol. The van der Waals surface area contributed by atoms with Gasteiger partial charge in [-0.05, 0) is 55.3 Å². The Morgan fingerprint density at radius 2 is 1.93 bits per heavy atom. The number of carbonyl (C=O) groups excluding carboxylic acids is 1. The lowest BCUT2D eigenvalue weighted by molar-refractivity contribution is 0.0526. The number of nitrogens with one attached hydrogen (secondary N) is 1. The first-order valence-corrected chi connectivity index (χ1v) is 10.3. The van der Waals surface area contributed by atoms with Crippen LogP contribution in [0.2, 0.25) is 0 Å². The van der Waals surface area contributed by atoms with E-state index < -0.39 is 16.0 Å². The molecular weight excluding hydrogens is 378 g/mol. The number of ether oxygens (including phenoxy) is 1. The summed E-state index contributed by atoms with van der Waals surface area (Å²) in [7, 11) is -3.72. The van der Waals surface area contributed by atoms with E-state index in [9.17, 15) is 13.2 Å². The molecule has 1 aromatic heterocycles. The zero-order valence-electron chi connectivity index (χ0n) is 15.4. The van der Waals surface area contributed by atoms with Crippen LogP contribution in [-0.2, 0) is 21.2 Å². The predicted molar refractivity (Wildman–Crippen MR) is 105 cm³/mol. The van der Waals surface area contributed by atoms with Crippen LogP contribution in [0.4, 0.5) is 0 Å². The lowest BCUT2D eigenvalue weighted by Crippen LogP contribution is -2.26. The summed E-state index contributed by atoms with van der Waals surface area (Å²) in [6.07, 6.45) is 4.10. The molecule has 0 amide bonds. The van der Waals surface area contributed by atoms with Gasteiger partial charge in [-0.3, -0.25) is 0 Å². The molecule has 7 nitrogen and oxygen atoms in total. The number of sulfonamides is 1. The highest BCUT2D eigenvalue weighted by atomic mass is 32.2. The molecule has 146 valence electrons. The van der Waals surface area contributed by atoms with Crippen molar-refractivity contribution in [3.05, 3.63) is 78.1 Å². The maximum absolute atomic E-state index is 12.5. The molecule has 0 spiro atoms. The number of esters is 1. The van der Waals surface area contributed by atoms with E-state index in [1.165, 1.54) is 24.3 Å². The molecular formula is C20H21N3O4S. The number of benzene rings is 2. The van der Waals surface area contributed by atoms with Gasteiger partial charge in [0.25, 0.3) is 0 Å². The Morgan fingerprint density at radius 1 is 1.14 bits per heavy atom. The van der Waals surface area contributed by atoms with Crippen LogP contribution in [0, 0.1) is 0 Å². The highest BCUT2D eigenvalue weighted by Gasteiger charge is 2.16. The first-order valence-electron chi connectivity index (χ1n) is 8.85. The average Bonchev–Trinajstić information content (AvgIpc) is 3.23. The molecule has 0 fully saturated rings. The second-order valence-electron chi connectivity index (χ2n) is 6.01. The number of rotatable bonds is 8. The van der Waals surface area contributed by atoms with Gasteiger partial charge in [0, 0.05) is 18.9 Å². The largest absolute Gasteiger partial charge is 0.462 e. The maximum atomic E-state index is 12.5. The monoisotopic (exact) mass is 399 g/mol. The van der Waals surface area contributed by atoms with Crippen molar-refractivity contribution in [2.45, 2.75) is 18.2 Å². The van der Waals surface area contributed by atoms with E-state index in [-0.39, 0.29) is 23.6 Å². The Bertz CT molecular complexity index is 1030. The molecule has 1 heterocycles. The molecule has 0 saturated carbocycles. The minimum atomic E-state index is -3.72. The van der Waals surface area contributed by atoms with Gasteiger partial charge in [-0.2, -0.15) is 5.10 Å². The SMILES string of the molecule is CCOC(=O)c1cccc(S(=O)(=O)NCCc2ccc(-n3cccn3)cc2)c1. The molecule has 1 N–H and O–H groups in total. The molecule has 0 aliphatic carbocycles. The van der Waals surface area contributed by atoms with Crippen LogP contribution in [0.3, 0.4) is 0 Å². The topological polar surface area (TPSA) is 90.3 Å². The van der Waals surface area contributed by atoms with E-state index in [0.717, 1.165) is 11.3 Å². The third kappa shape index (κ3) is 4.85. The minimum absolute atomic E-state index is 0.0343. The number of nitrogens with zero attached hydrogens (tertiary/aromatic N) is 2. The van der Waals surface area contributed by atoms with Gasteiger partial charge in [-0.15, -0.1) is 0 Å². The summed E-state index contributed by atoms with van der Waals surface area (Å²) in [5.41, 5.74) is 2.14. The Labute approximate surface area is 164 Å². The van der Waals surface area contributed by atoms with Crippen LogP contribution in [0.1, 0.15) is 22.8 Å². The summed E-state index contributed by atoms with van der Waals surface area (Å²) in [6.45, 7) is 2.17. The molecule has 3 aromatic rings. The molecule has 0 unspecified atom stereocenters. The number of hydrogen-bond donors (Lipinski definition) is 1. The van der Waals surface area contributed by atoms with Crippen molar-refractivity contribution in [2.24, 2.45) is 0 Å². The molecule has 0 saturated heterocycles. The Balaban J connectivity index is 1.61. The van der Waals surface area contributed by atoms with E-state index in [1.807, 2.05) is 36.5 Å². The molecule has 0 atom stereocenters. The van der Waals surface area contributed by atoms with E-state index >= 15 is 0 Å². The normalized spacial score (nSPS) is 11.3. The fourth-order valence-electron chi connectivity index (χ4n) is 2.65. The first-order chi connectivity index (χ1) is 13.5. The van der Waals surface area contributed by atoms with Gasteiger partial charge >= 0.3 is 5.97 Å². The fraction of sp³-hybridized carbons (Fsp3) is 0.200. The predicted octanol–water partition coefficient (Wildman–Crippen LogP) is 2.57. The van der Waals surface area contributed by atoms with Crippen molar-refractivity contribution in [3.8, 4) is 5.69 Å². The van der Waals surface area contributed by atoms with Crippen molar-refractivity contribution in [1.82, 2.24) is 14.5 Å². The van der Waals surface area contributed by atoms with Crippen LogP contribution in [0.15, 0.2) is 71.9 Å². The molecule has 0 aliphatic rings. The van der Waals surface area contributed by atoms with Crippen LogP contribution >= 0.6 is 0 Å². The van der Waals surface area contributed by atoms with Gasteiger partial charge in [0.15, 0.2) is 0 Å². The highest BCUT2D eigenvalue weighted by Crippen LogP contribution is 2.13. The van der Waals surface area contributed by atoms with Gasteiger partial charge < -0.3 is 4.74 Å². The van der Waals surface area contributed by atoms with Crippen molar-refractivity contribution in [1.29, 1.82) is 0 Å². The number of carbonyl (C=O) groups is 1. The van der Waals surface area contributed by atoms with E-state index in [0.29, 0.717) is 6.42 Å². The highest BCUT2D eigenvalue weighted by molar-refractivity contribution is 7.89. The smallest absolute Gasteiger partial charge is 0.338 e. The Kier molecular flexibility index (Phi) is 6.23. The van der Waals surface area contributed by atoms with Crippen LogP contribution in [0.5, 0.6) is 0 Å². The molecule has 0 bridgehead atoms. The molecule has 8 heteroatoms. The third-order valence-corrected chi connectivity index (χ3v) is 5.53. The van der Waals surface area contributed by atoms with Crippen LogP contribution in [-0.4, -0.2) is 37.3 Å². The van der Waals surface area contributed by atoms with Gasteiger partial charge in [0.05, 0.1) is 22.8 Å². The zero-order valence-corrected chi connectivity index (χ0v) is 16.2. The molecule has 28 heavy (non-hydrogen) atoms. The van der Waals surface area contributed by atoms with Crippen molar-refractivity contribution < 1.29 is 17.9 Å². The number of hydrogen-bond acceptors (Lipinski definition) is 5. The first kappa shape index (κ1) is 19.8. The van der Waals surface area contributed by atoms with Gasteiger partial charge in [0.2, 0.25) is 10.0 Å². The van der Waals surface area contributed by atoms with Crippen LogP contribution < -0.4 is 4.72 Å². The summed E-state index contributed by atoms with van der Waals surface area (Å²) in [5, 5.41) is 4.17. The molecule has 0 aliphatic heterocycles. The van der Waals surface area contributed by atoms with E-state index in [1.54, 1.807) is 17.8 Å². The Hall–Kier alpha value is -2.97. The zero-order chi connectivity index (χ0) is 20.0. The van der Waals surface area contributed by atoms with E-state index in [4.69, 9.17) is 4.74 Å². The fourth-order valence-corrected chi connectivity index (χ4v) is 3.73. The summed E-state index contributed by atoms with van der Waals surface area (Å²) < 4.78 is 34.2. The maximum Gasteiger partial charge on any atom is 0.338 e. The molecule has 2 aromatic carbocycles. The van der Waals surface area contributed by atoms with Gasteiger partial charge in [0.1, 0.15) is 0 Å². The van der Waals surface area contributed by atoms with Crippen molar-refractivity contribution in [2.75, 3.05) is 13.2 Å². The molecule has 3 rings (SSSR count). The van der Waals surface area contributed by atoms with Crippen molar-refractivity contribution in [3.63, 3.8) is 0 Å². The van der Waals surface area contributed by atoms with E-state index in [2.05, 4.69) is 9.82 Å².